The number of ether oxygens (including phenoxy) is 1. The lowest BCUT2D eigenvalue weighted by Gasteiger charge is -2.13. The summed E-state index contributed by atoms with van der Waals surface area (Å²) in [5, 5.41) is 8.79. The molecular weight excluding hydrogens is 330 g/mol. The third kappa shape index (κ3) is 2.96. The number of aryl methyl sites for hydroxylation is 1. The molecule has 1 saturated carbocycles. The Bertz CT molecular complexity index is 991. The van der Waals surface area contributed by atoms with E-state index in [1.165, 1.54) is 19.0 Å². The SMILES string of the molecule is COc1cccc(Nc2c(C(N)=O)cnc3c2c(C)nn3CC2CC2)c1. The lowest BCUT2D eigenvalue weighted by molar-refractivity contribution is 0.100. The number of nitrogens with one attached hydrogen (secondary N) is 1. The maximum Gasteiger partial charge on any atom is 0.252 e. The van der Waals surface area contributed by atoms with Gasteiger partial charge >= 0.3 is 0 Å². The molecule has 1 aliphatic carbocycles. The van der Waals surface area contributed by atoms with Crippen LogP contribution in [0.15, 0.2) is 30.5 Å². The number of carbonyl (C=O) groups excluding carboxylic acids is 1. The molecule has 26 heavy (non-hydrogen) atoms. The monoisotopic (exact) mass is 351 g/mol. The van der Waals surface area contributed by atoms with Crippen molar-refractivity contribution in [3.8, 4) is 5.75 Å². The van der Waals surface area contributed by atoms with Crippen LogP contribution in [0.1, 0.15) is 28.9 Å². The number of hydrogen-bond donors (Lipinski definition) is 2. The largest absolute Gasteiger partial charge is 0.497 e. The first-order valence-corrected chi connectivity index (χ1v) is 8.64. The van der Waals surface area contributed by atoms with E-state index < -0.39 is 5.91 Å². The second kappa shape index (κ2) is 6.33. The highest BCUT2D eigenvalue weighted by molar-refractivity contribution is 6.07. The molecule has 134 valence electrons. The Hall–Kier alpha value is -3.09. The first kappa shape index (κ1) is 16.4. The van der Waals surface area contributed by atoms with E-state index in [-0.39, 0.29) is 0 Å². The van der Waals surface area contributed by atoms with Crippen molar-refractivity contribution in [3.63, 3.8) is 0 Å². The summed E-state index contributed by atoms with van der Waals surface area (Å²) in [6.07, 6.45) is 3.99. The maximum atomic E-state index is 12.0. The average molecular weight is 351 g/mol. The molecule has 4 rings (SSSR count). The molecule has 3 N–H and O–H groups in total. The number of nitrogens with two attached hydrogens (primary N) is 1. The van der Waals surface area contributed by atoms with E-state index in [0.717, 1.165) is 34.7 Å². The van der Waals surface area contributed by atoms with Gasteiger partial charge in [-0.15, -0.1) is 0 Å². The molecule has 0 unspecified atom stereocenters. The summed E-state index contributed by atoms with van der Waals surface area (Å²) in [4.78, 5) is 16.4. The molecule has 0 radical (unpaired) electrons. The lowest BCUT2D eigenvalue weighted by Crippen LogP contribution is -2.14. The van der Waals surface area contributed by atoms with Crippen LogP contribution < -0.4 is 15.8 Å². The summed E-state index contributed by atoms with van der Waals surface area (Å²) in [5.41, 5.74) is 8.96. The minimum atomic E-state index is -0.529. The van der Waals surface area contributed by atoms with Crippen molar-refractivity contribution in [2.45, 2.75) is 26.3 Å². The highest BCUT2D eigenvalue weighted by Gasteiger charge is 2.25. The Morgan fingerprint density at radius 3 is 2.92 bits per heavy atom. The van der Waals surface area contributed by atoms with Gasteiger partial charge in [-0.2, -0.15) is 5.10 Å². The van der Waals surface area contributed by atoms with Gasteiger partial charge in [-0.3, -0.25) is 4.79 Å². The average Bonchev–Trinajstić information content (AvgIpc) is 3.38. The number of rotatable bonds is 6. The number of nitrogens with zero attached hydrogens (tertiary/aromatic N) is 3. The van der Waals surface area contributed by atoms with Crippen LogP contribution in [0, 0.1) is 12.8 Å². The first-order chi connectivity index (χ1) is 12.6. The van der Waals surface area contributed by atoms with E-state index in [4.69, 9.17) is 10.5 Å². The van der Waals surface area contributed by atoms with Crippen LogP contribution in [0.25, 0.3) is 11.0 Å². The number of aromatic nitrogens is 3. The van der Waals surface area contributed by atoms with Gasteiger partial charge in [-0.1, -0.05) is 6.07 Å². The molecule has 0 saturated heterocycles. The zero-order chi connectivity index (χ0) is 18.3. The molecule has 0 aliphatic heterocycles. The van der Waals surface area contributed by atoms with E-state index in [0.29, 0.717) is 17.2 Å². The van der Waals surface area contributed by atoms with Gasteiger partial charge in [0.25, 0.3) is 5.91 Å². The van der Waals surface area contributed by atoms with Gasteiger partial charge in [0, 0.05) is 24.5 Å². The first-order valence-electron chi connectivity index (χ1n) is 8.64. The smallest absolute Gasteiger partial charge is 0.252 e. The summed E-state index contributed by atoms with van der Waals surface area (Å²) < 4.78 is 7.21. The third-order valence-electron chi connectivity index (χ3n) is 4.67. The zero-order valence-corrected chi connectivity index (χ0v) is 14.8. The molecule has 1 amide bonds. The van der Waals surface area contributed by atoms with Crippen molar-refractivity contribution in [3.05, 3.63) is 41.7 Å². The van der Waals surface area contributed by atoms with E-state index in [1.807, 2.05) is 35.9 Å². The van der Waals surface area contributed by atoms with Crippen LogP contribution in [0.4, 0.5) is 11.4 Å². The maximum absolute atomic E-state index is 12.0. The van der Waals surface area contributed by atoms with Crippen molar-refractivity contribution in [2.24, 2.45) is 11.7 Å². The van der Waals surface area contributed by atoms with E-state index in [2.05, 4.69) is 15.4 Å². The summed E-state index contributed by atoms with van der Waals surface area (Å²) in [5.74, 6) is 0.867. The molecular formula is C19H21N5O2. The molecule has 2 heterocycles. The Labute approximate surface area is 151 Å². The Kier molecular flexibility index (Phi) is 3.99. The number of amides is 1. The topological polar surface area (TPSA) is 95.1 Å². The van der Waals surface area contributed by atoms with Gasteiger partial charge in [0.1, 0.15) is 5.75 Å². The number of anilines is 2. The Morgan fingerprint density at radius 2 is 2.23 bits per heavy atom. The highest BCUT2D eigenvalue weighted by atomic mass is 16.5. The van der Waals surface area contributed by atoms with Crippen LogP contribution in [-0.2, 0) is 6.54 Å². The predicted molar refractivity (Wildman–Crippen MR) is 99.8 cm³/mol. The fraction of sp³-hybridized carbons (Fsp3) is 0.316. The minimum absolute atomic E-state index is 0.342. The van der Waals surface area contributed by atoms with Crippen LogP contribution in [-0.4, -0.2) is 27.8 Å². The standard InChI is InChI=1S/C19H21N5O2/c1-11-16-17(22-13-4-3-5-14(8-13)26-2)15(18(20)25)9-21-19(16)24(23-11)10-12-6-7-12/h3-5,8-9,12H,6-7,10H2,1-2H3,(H2,20,25)(H,21,22). The number of primary amides is 1. The summed E-state index contributed by atoms with van der Waals surface area (Å²) >= 11 is 0. The van der Waals surface area contributed by atoms with E-state index >= 15 is 0 Å². The van der Waals surface area contributed by atoms with Crippen molar-refractivity contribution < 1.29 is 9.53 Å². The van der Waals surface area contributed by atoms with Crippen LogP contribution >= 0.6 is 0 Å². The number of hydrogen-bond acceptors (Lipinski definition) is 5. The summed E-state index contributed by atoms with van der Waals surface area (Å²) in [6.45, 7) is 2.78. The normalized spacial score (nSPS) is 13.8. The quantitative estimate of drug-likeness (QED) is 0.712. The molecule has 7 heteroatoms. The minimum Gasteiger partial charge on any atom is -0.497 e. The molecule has 0 atom stereocenters. The zero-order valence-electron chi connectivity index (χ0n) is 14.8. The molecule has 3 aromatic rings. The number of pyridine rings is 1. The molecule has 2 aromatic heterocycles. The highest BCUT2D eigenvalue weighted by Crippen LogP contribution is 2.35. The Balaban J connectivity index is 1.85. The molecule has 7 nitrogen and oxygen atoms in total. The molecule has 0 spiro atoms. The van der Waals surface area contributed by atoms with Crippen LogP contribution in [0.5, 0.6) is 5.75 Å². The fourth-order valence-corrected chi connectivity index (χ4v) is 3.15. The lowest BCUT2D eigenvalue weighted by atomic mass is 10.1. The number of methoxy groups -OCH3 is 1. The van der Waals surface area contributed by atoms with Crippen LogP contribution in [0.2, 0.25) is 0 Å². The van der Waals surface area contributed by atoms with Crippen LogP contribution in [0.3, 0.4) is 0 Å². The van der Waals surface area contributed by atoms with Gasteiger partial charge in [0.2, 0.25) is 0 Å². The van der Waals surface area contributed by atoms with E-state index in [9.17, 15) is 4.79 Å². The van der Waals surface area contributed by atoms with Gasteiger partial charge < -0.3 is 15.8 Å². The van der Waals surface area contributed by atoms with Gasteiger partial charge in [-0.25, -0.2) is 9.67 Å². The van der Waals surface area contributed by atoms with Crippen molar-refractivity contribution in [1.82, 2.24) is 14.8 Å². The van der Waals surface area contributed by atoms with Gasteiger partial charge in [0.05, 0.1) is 29.4 Å². The predicted octanol–water partition coefficient (Wildman–Crippen LogP) is 3.00. The van der Waals surface area contributed by atoms with Crippen molar-refractivity contribution >= 4 is 28.3 Å². The summed E-state index contributed by atoms with van der Waals surface area (Å²) in [7, 11) is 1.62. The second-order valence-corrected chi connectivity index (χ2v) is 6.68. The molecule has 1 aliphatic rings. The number of benzene rings is 1. The molecule has 0 bridgehead atoms. The van der Waals surface area contributed by atoms with Crippen molar-refractivity contribution in [2.75, 3.05) is 12.4 Å². The number of carbonyl (C=O) groups is 1. The number of fused-ring (bicyclic) bond motifs is 1. The summed E-state index contributed by atoms with van der Waals surface area (Å²) in [6, 6.07) is 7.51. The van der Waals surface area contributed by atoms with E-state index in [1.54, 1.807) is 7.11 Å². The second-order valence-electron chi connectivity index (χ2n) is 6.68. The molecule has 1 aromatic carbocycles. The molecule has 1 fully saturated rings. The van der Waals surface area contributed by atoms with Gasteiger partial charge in [0.15, 0.2) is 5.65 Å². The Morgan fingerprint density at radius 1 is 1.42 bits per heavy atom. The fourth-order valence-electron chi connectivity index (χ4n) is 3.15. The van der Waals surface area contributed by atoms with Gasteiger partial charge in [-0.05, 0) is 37.8 Å². The van der Waals surface area contributed by atoms with Crippen molar-refractivity contribution in [1.29, 1.82) is 0 Å². The third-order valence-corrected chi connectivity index (χ3v) is 4.67.